The van der Waals surface area contributed by atoms with Gasteiger partial charge < -0.3 is 0 Å². The van der Waals surface area contributed by atoms with Crippen LogP contribution in [0.4, 0.5) is 0 Å². The Bertz CT molecular complexity index is 466. The summed E-state index contributed by atoms with van der Waals surface area (Å²) in [5.74, 6) is 2.72. The van der Waals surface area contributed by atoms with Crippen LogP contribution in [0.1, 0.15) is 19.4 Å². The molecule has 0 fully saturated rings. The summed E-state index contributed by atoms with van der Waals surface area (Å²) in [5, 5.41) is -0.470. The van der Waals surface area contributed by atoms with E-state index in [1.165, 1.54) is 0 Å². The molecule has 3 nitrogen and oxygen atoms in total. The molecule has 0 atom stereocenters. The van der Waals surface area contributed by atoms with Gasteiger partial charge in [-0.15, -0.1) is 0 Å². The van der Waals surface area contributed by atoms with Crippen molar-refractivity contribution in [2.75, 3.05) is 0 Å². The molecule has 1 rings (SSSR count). The molecule has 1 N–H and O–H groups in total. The predicted octanol–water partition coefficient (Wildman–Crippen LogP) is 1.32. The molecule has 0 spiro atoms. The molecule has 0 heterocycles. The van der Waals surface area contributed by atoms with E-state index >= 15 is 0 Å². The van der Waals surface area contributed by atoms with Crippen molar-refractivity contribution in [2.45, 2.75) is 19.1 Å². The Morgan fingerprint density at radius 3 is 2.33 bits per heavy atom. The lowest BCUT2D eigenvalue weighted by atomic mass is 10.2. The maximum Gasteiger partial charge on any atom is 0.241 e. The number of nitrogens with one attached hydrogen (secondary N) is 1. The standard InChI is InChI=1S/C11H13NO2S/c1-10(2)15(13,14)12-9-8-11-6-4-3-5-7-11/h3-7,10,12H,1-2H3. The third-order valence-corrected chi connectivity index (χ3v) is 3.42. The third kappa shape index (κ3) is 3.64. The van der Waals surface area contributed by atoms with Crippen LogP contribution in [0.2, 0.25) is 0 Å². The van der Waals surface area contributed by atoms with Crippen molar-refractivity contribution in [3.63, 3.8) is 0 Å². The van der Waals surface area contributed by atoms with Crippen LogP contribution >= 0.6 is 0 Å². The number of hydrogen-bond donors (Lipinski definition) is 1. The lowest BCUT2D eigenvalue weighted by Gasteiger charge is -2.03. The first-order chi connectivity index (χ1) is 7.02. The van der Waals surface area contributed by atoms with Gasteiger partial charge in [0, 0.05) is 11.6 Å². The maximum atomic E-state index is 11.3. The molecule has 0 unspecified atom stereocenters. The SMILES string of the molecule is CC(C)S(=O)(=O)NC#Cc1ccccc1. The van der Waals surface area contributed by atoms with Crippen molar-refractivity contribution >= 4 is 10.0 Å². The fraction of sp³-hybridized carbons (Fsp3) is 0.273. The Morgan fingerprint density at radius 1 is 1.20 bits per heavy atom. The van der Waals surface area contributed by atoms with E-state index in [1.807, 2.05) is 30.3 Å². The van der Waals surface area contributed by atoms with Crippen molar-refractivity contribution in [1.82, 2.24) is 4.72 Å². The van der Waals surface area contributed by atoms with Gasteiger partial charge in [0.25, 0.3) is 0 Å². The second-order valence-corrected chi connectivity index (χ2v) is 5.55. The van der Waals surface area contributed by atoms with Crippen molar-refractivity contribution in [3.8, 4) is 12.0 Å². The monoisotopic (exact) mass is 223 g/mol. The summed E-state index contributed by atoms with van der Waals surface area (Å²) in [7, 11) is -3.29. The van der Waals surface area contributed by atoms with Gasteiger partial charge in [0.2, 0.25) is 10.0 Å². The molecule has 4 heteroatoms. The first-order valence-electron chi connectivity index (χ1n) is 4.59. The topological polar surface area (TPSA) is 46.2 Å². The number of rotatable bonds is 2. The Balaban J connectivity index is 2.70. The van der Waals surface area contributed by atoms with Gasteiger partial charge >= 0.3 is 0 Å². The average Bonchev–Trinajstić information content (AvgIpc) is 2.19. The first-order valence-corrected chi connectivity index (χ1v) is 6.13. The van der Waals surface area contributed by atoms with Crippen molar-refractivity contribution in [1.29, 1.82) is 0 Å². The van der Waals surface area contributed by atoms with Crippen molar-refractivity contribution in [3.05, 3.63) is 35.9 Å². The van der Waals surface area contributed by atoms with Gasteiger partial charge in [-0.25, -0.2) is 13.1 Å². The van der Waals surface area contributed by atoms with Crippen molar-refractivity contribution in [2.24, 2.45) is 0 Å². The Kier molecular flexibility index (Phi) is 3.75. The Labute approximate surface area is 90.6 Å². The van der Waals surface area contributed by atoms with Crippen LogP contribution in [0, 0.1) is 12.0 Å². The molecule has 15 heavy (non-hydrogen) atoms. The van der Waals surface area contributed by atoms with Gasteiger partial charge in [0.05, 0.1) is 5.25 Å². The Hall–Kier alpha value is -1.47. The van der Waals surface area contributed by atoms with E-state index in [-0.39, 0.29) is 0 Å². The van der Waals surface area contributed by atoms with Crippen molar-refractivity contribution < 1.29 is 8.42 Å². The summed E-state index contributed by atoms with van der Waals surface area (Å²) in [6.45, 7) is 3.21. The molecule has 0 amide bonds. The number of sulfonamides is 1. The minimum absolute atomic E-state index is 0.470. The van der Waals surface area contributed by atoms with E-state index in [2.05, 4.69) is 16.7 Å². The highest BCUT2D eigenvalue weighted by atomic mass is 32.2. The molecule has 0 aliphatic carbocycles. The third-order valence-electron chi connectivity index (χ3n) is 1.79. The smallest absolute Gasteiger partial charge is 0.241 e. The quantitative estimate of drug-likeness (QED) is 0.607. The first kappa shape index (κ1) is 11.6. The predicted molar refractivity (Wildman–Crippen MR) is 60.5 cm³/mol. The van der Waals surface area contributed by atoms with Crippen LogP contribution in [0.3, 0.4) is 0 Å². The van der Waals surface area contributed by atoms with E-state index in [0.717, 1.165) is 5.56 Å². The summed E-state index contributed by atoms with van der Waals surface area (Å²) in [4.78, 5) is 0. The number of benzene rings is 1. The highest BCUT2D eigenvalue weighted by Gasteiger charge is 2.12. The highest BCUT2D eigenvalue weighted by Crippen LogP contribution is 1.96. The molecular weight excluding hydrogens is 210 g/mol. The lowest BCUT2D eigenvalue weighted by Crippen LogP contribution is -2.26. The van der Waals surface area contributed by atoms with Gasteiger partial charge in [0.1, 0.15) is 0 Å². The van der Waals surface area contributed by atoms with Crippen LogP contribution < -0.4 is 4.72 Å². The van der Waals surface area contributed by atoms with E-state index in [4.69, 9.17) is 0 Å². The molecule has 1 aromatic carbocycles. The molecule has 0 aromatic heterocycles. The highest BCUT2D eigenvalue weighted by molar-refractivity contribution is 7.90. The van der Waals surface area contributed by atoms with E-state index < -0.39 is 15.3 Å². The van der Waals surface area contributed by atoms with Crippen LogP contribution in [-0.4, -0.2) is 13.7 Å². The lowest BCUT2D eigenvalue weighted by molar-refractivity contribution is 0.583. The van der Waals surface area contributed by atoms with Gasteiger partial charge in [-0.05, 0) is 31.9 Å². The van der Waals surface area contributed by atoms with Crippen LogP contribution in [0.25, 0.3) is 0 Å². The van der Waals surface area contributed by atoms with Crippen LogP contribution in [0.5, 0.6) is 0 Å². The largest absolute Gasteiger partial charge is 0.241 e. The molecule has 0 saturated heterocycles. The summed E-state index contributed by atoms with van der Waals surface area (Å²) in [5.41, 5.74) is 0.781. The van der Waals surface area contributed by atoms with Crippen LogP contribution in [-0.2, 0) is 10.0 Å². The van der Waals surface area contributed by atoms with Crippen LogP contribution in [0.15, 0.2) is 30.3 Å². The fourth-order valence-corrected chi connectivity index (χ4v) is 1.24. The molecule has 0 aliphatic rings. The van der Waals surface area contributed by atoms with Gasteiger partial charge in [0.15, 0.2) is 0 Å². The summed E-state index contributed by atoms with van der Waals surface area (Å²) in [6.07, 6.45) is 0. The fourth-order valence-electron chi connectivity index (χ4n) is 0.808. The summed E-state index contributed by atoms with van der Waals surface area (Å²) >= 11 is 0. The summed E-state index contributed by atoms with van der Waals surface area (Å²) in [6, 6.07) is 11.6. The zero-order chi connectivity index (χ0) is 11.3. The zero-order valence-electron chi connectivity index (χ0n) is 8.69. The molecule has 0 radical (unpaired) electrons. The Morgan fingerprint density at radius 2 is 1.80 bits per heavy atom. The van der Waals surface area contributed by atoms with Gasteiger partial charge in [-0.1, -0.05) is 18.2 Å². The van der Waals surface area contributed by atoms with E-state index in [1.54, 1.807) is 13.8 Å². The second-order valence-electron chi connectivity index (χ2n) is 3.31. The average molecular weight is 223 g/mol. The minimum Gasteiger partial charge on any atom is -0.241 e. The summed E-state index contributed by atoms with van der Waals surface area (Å²) < 4.78 is 24.8. The number of hydrogen-bond acceptors (Lipinski definition) is 2. The van der Waals surface area contributed by atoms with Gasteiger partial charge in [-0.2, -0.15) is 0 Å². The second kappa shape index (κ2) is 4.85. The van der Waals surface area contributed by atoms with E-state index in [0.29, 0.717) is 0 Å². The molecule has 0 aliphatic heterocycles. The zero-order valence-corrected chi connectivity index (χ0v) is 9.51. The molecular formula is C11H13NO2S. The molecule has 0 saturated carbocycles. The molecule has 80 valence electrons. The maximum absolute atomic E-state index is 11.3. The molecule has 0 bridgehead atoms. The normalized spacial score (nSPS) is 10.6. The van der Waals surface area contributed by atoms with E-state index in [9.17, 15) is 8.42 Å². The van der Waals surface area contributed by atoms with Gasteiger partial charge in [-0.3, -0.25) is 0 Å². The molecule has 1 aromatic rings. The minimum atomic E-state index is -3.29.